The van der Waals surface area contributed by atoms with Crippen LogP contribution in [0.3, 0.4) is 0 Å². The van der Waals surface area contributed by atoms with Gasteiger partial charge in [0.2, 0.25) is 0 Å². The van der Waals surface area contributed by atoms with Crippen LogP contribution in [-0.2, 0) is 0 Å². The molecule has 14 heavy (non-hydrogen) atoms. The quantitative estimate of drug-likeness (QED) is 0.726. The highest BCUT2D eigenvalue weighted by molar-refractivity contribution is 4.70. The van der Waals surface area contributed by atoms with Crippen LogP contribution < -0.4 is 0 Å². The van der Waals surface area contributed by atoms with Crippen molar-refractivity contribution in [2.45, 2.75) is 65.9 Å². The number of unbranched alkanes of at least 4 members (excludes halogenated alkanes) is 1. The van der Waals surface area contributed by atoms with Gasteiger partial charge in [0, 0.05) is 6.61 Å². The van der Waals surface area contributed by atoms with Gasteiger partial charge in [-0.05, 0) is 31.6 Å². The Morgan fingerprint density at radius 1 is 1.21 bits per heavy atom. The van der Waals surface area contributed by atoms with Gasteiger partial charge in [-0.25, -0.2) is 0 Å². The van der Waals surface area contributed by atoms with E-state index in [0.717, 1.165) is 31.6 Å². The minimum absolute atomic E-state index is 0.0231. The van der Waals surface area contributed by atoms with E-state index in [4.69, 9.17) is 10.2 Å². The smallest absolute Gasteiger partial charge is 0.0542 e. The van der Waals surface area contributed by atoms with E-state index < -0.39 is 0 Å². The number of hydrogen-bond donors (Lipinski definition) is 2. The summed E-state index contributed by atoms with van der Waals surface area (Å²) in [5.41, 5.74) is 0. The zero-order valence-corrected chi connectivity index (χ0v) is 10.3. The van der Waals surface area contributed by atoms with Gasteiger partial charge in [0.25, 0.3) is 0 Å². The standard InChI is InChI=1S/C6H12O.C4H10O.C2H6/c1-5-2-3-6(7)4-5;1-2-3-4-5;1-2/h5-7H,2-4H2,1H3;5H,2-4H2,1H3;1-2H3. The molecule has 1 aliphatic carbocycles. The lowest BCUT2D eigenvalue weighted by Gasteiger charge is -1.95. The van der Waals surface area contributed by atoms with Gasteiger partial charge in [-0.3, -0.25) is 0 Å². The van der Waals surface area contributed by atoms with E-state index in [0.29, 0.717) is 6.61 Å². The van der Waals surface area contributed by atoms with E-state index in [1.807, 2.05) is 13.8 Å². The minimum atomic E-state index is 0.0231. The Morgan fingerprint density at radius 3 is 1.86 bits per heavy atom. The average molecular weight is 204 g/mol. The summed E-state index contributed by atoms with van der Waals surface area (Å²) < 4.78 is 0. The van der Waals surface area contributed by atoms with E-state index in [2.05, 4.69) is 13.8 Å². The Bertz CT molecular complexity index is 84.3. The fourth-order valence-electron chi connectivity index (χ4n) is 1.34. The van der Waals surface area contributed by atoms with Crippen molar-refractivity contribution in [2.24, 2.45) is 5.92 Å². The Kier molecular flexibility index (Phi) is 15.1. The van der Waals surface area contributed by atoms with Gasteiger partial charge < -0.3 is 10.2 Å². The molecule has 0 heterocycles. The van der Waals surface area contributed by atoms with Gasteiger partial charge in [-0.2, -0.15) is 0 Å². The van der Waals surface area contributed by atoms with Gasteiger partial charge in [-0.15, -0.1) is 0 Å². The molecule has 2 nitrogen and oxygen atoms in total. The van der Waals surface area contributed by atoms with Crippen LogP contribution in [0.1, 0.15) is 59.8 Å². The summed E-state index contributed by atoms with van der Waals surface area (Å²) in [6.45, 7) is 8.59. The lowest BCUT2D eigenvalue weighted by Crippen LogP contribution is -1.97. The zero-order valence-electron chi connectivity index (χ0n) is 10.3. The third-order valence-corrected chi connectivity index (χ3v) is 2.18. The van der Waals surface area contributed by atoms with Crippen molar-refractivity contribution in [3.05, 3.63) is 0 Å². The summed E-state index contributed by atoms with van der Waals surface area (Å²) >= 11 is 0. The third-order valence-electron chi connectivity index (χ3n) is 2.18. The zero-order chi connectivity index (χ0) is 11.4. The summed E-state index contributed by atoms with van der Waals surface area (Å²) in [4.78, 5) is 0. The van der Waals surface area contributed by atoms with Gasteiger partial charge >= 0.3 is 0 Å². The predicted molar refractivity (Wildman–Crippen MR) is 62.4 cm³/mol. The molecule has 1 saturated carbocycles. The highest BCUT2D eigenvalue weighted by Crippen LogP contribution is 2.23. The normalized spacial score (nSPS) is 24.4. The summed E-state index contributed by atoms with van der Waals surface area (Å²) in [6, 6.07) is 0. The fraction of sp³-hybridized carbons (Fsp3) is 1.00. The monoisotopic (exact) mass is 204 g/mol. The molecule has 0 aromatic heterocycles. The van der Waals surface area contributed by atoms with Crippen molar-refractivity contribution in [2.75, 3.05) is 6.61 Å². The lowest BCUT2D eigenvalue weighted by atomic mass is 10.1. The van der Waals surface area contributed by atoms with E-state index in [-0.39, 0.29) is 6.10 Å². The second-order valence-electron chi connectivity index (χ2n) is 3.65. The van der Waals surface area contributed by atoms with E-state index in [1.165, 1.54) is 6.42 Å². The van der Waals surface area contributed by atoms with Crippen LogP contribution in [-0.4, -0.2) is 22.9 Å². The molecule has 0 radical (unpaired) electrons. The second kappa shape index (κ2) is 12.9. The van der Waals surface area contributed by atoms with Crippen LogP contribution in [0, 0.1) is 5.92 Å². The molecule has 1 rings (SSSR count). The van der Waals surface area contributed by atoms with Crippen LogP contribution in [0.15, 0.2) is 0 Å². The molecule has 2 N–H and O–H groups in total. The Labute approximate surface area is 89.3 Å². The minimum Gasteiger partial charge on any atom is -0.396 e. The lowest BCUT2D eigenvalue weighted by molar-refractivity contribution is 0.179. The topological polar surface area (TPSA) is 40.5 Å². The Morgan fingerprint density at radius 2 is 1.79 bits per heavy atom. The van der Waals surface area contributed by atoms with Gasteiger partial charge in [-0.1, -0.05) is 34.1 Å². The van der Waals surface area contributed by atoms with Gasteiger partial charge in [0.15, 0.2) is 0 Å². The molecular weight excluding hydrogens is 176 g/mol. The first kappa shape index (κ1) is 16.4. The van der Waals surface area contributed by atoms with Crippen molar-refractivity contribution >= 4 is 0 Å². The van der Waals surface area contributed by atoms with Gasteiger partial charge in [0.1, 0.15) is 0 Å². The molecule has 2 atom stereocenters. The maximum absolute atomic E-state index is 8.90. The first-order valence-corrected chi connectivity index (χ1v) is 5.99. The Balaban J connectivity index is 0. The number of rotatable bonds is 2. The molecule has 0 aliphatic heterocycles. The summed E-state index contributed by atoms with van der Waals surface area (Å²) in [5.74, 6) is 0.773. The maximum Gasteiger partial charge on any atom is 0.0542 e. The molecule has 88 valence electrons. The summed E-state index contributed by atoms with van der Waals surface area (Å²) in [5, 5.41) is 17.0. The molecule has 0 bridgehead atoms. The summed E-state index contributed by atoms with van der Waals surface area (Å²) in [6.07, 6.45) is 5.34. The van der Waals surface area contributed by atoms with Crippen molar-refractivity contribution in [3.63, 3.8) is 0 Å². The van der Waals surface area contributed by atoms with Crippen molar-refractivity contribution < 1.29 is 10.2 Å². The van der Waals surface area contributed by atoms with Crippen LogP contribution >= 0.6 is 0 Å². The highest BCUT2D eigenvalue weighted by Gasteiger charge is 2.17. The van der Waals surface area contributed by atoms with Crippen molar-refractivity contribution in [1.82, 2.24) is 0 Å². The number of aliphatic hydroxyl groups excluding tert-OH is 2. The molecule has 1 fully saturated rings. The molecule has 0 aromatic rings. The van der Waals surface area contributed by atoms with Crippen LogP contribution in [0.5, 0.6) is 0 Å². The van der Waals surface area contributed by atoms with Crippen molar-refractivity contribution in [1.29, 1.82) is 0 Å². The van der Waals surface area contributed by atoms with E-state index in [9.17, 15) is 0 Å². The van der Waals surface area contributed by atoms with Crippen LogP contribution in [0.25, 0.3) is 0 Å². The predicted octanol–water partition coefficient (Wildman–Crippen LogP) is 2.97. The molecule has 2 heteroatoms. The van der Waals surface area contributed by atoms with Crippen LogP contribution in [0.2, 0.25) is 0 Å². The Hall–Kier alpha value is -0.0800. The number of hydrogen-bond acceptors (Lipinski definition) is 2. The van der Waals surface area contributed by atoms with Crippen LogP contribution in [0.4, 0.5) is 0 Å². The SMILES string of the molecule is CC.CC1CCC(O)C1.CCCCO. The molecule has 2 unspecified atom stereocenters. The third kappa shape index (κ3) is 11.9. The largest absolute Gasteiger partial charge is 0.396 e. The molecule has 0 aromatic carbocycles. The molecular formula is C12H28O2. The van der Waals surface area contributed by atoms with Gasteiger partial charge in [0.05, 0.1) is 6.10 Å². The highest BCUT2D eigenvalue weighted by atomic mass is 16.3. The molecule has 0 spiro atoms. The average Bonchev–Trinajstić information content (AvgIpc) is 2.56. The molecule has 1 aliphatic rings. The molecule has 0 saturated heterocycles. The fourth-order valence-corrected chi connectivity index (χ4v) is 1.34. The maximum atomic E-state index is 8.90. The number of aliphatic hydroxyl groups is 2. The molecule has 0 amide bonds. The second-order valence-corrected chi connectivity index (χ2v) is 3.65. The first-order chi connectivity index (χ1) is 6.70. The van der Waals surface area contributed by atoms with E-state index >= 15 is 0 Å². The summed E-state index contributed by atoms with van der Waals surface area (Å²) in [7, 11) is 0. The first-order valence-electron chi connectivity index (χ1n) is 5.99. The van der Waals surface area contributed by atoms with Crippen molar-refractivity contribution in [3.8, 4) is 0 Å². The van der Waals surface area contributed by atoms with E-state index in [1.54, 1.807) is 0 Å².